The molecule has 16 rings (SSSR count). The topological polar surface area (TPSA) is 83.1 Å². The largest absolute Gasteiger partial charge is 0.355 e. The number of pyridine rings is 2. The van der Waals surface area contributed by atoms with Crippen LogP contribution in [-0.2, 0) is 0 Å². The third-order valence-corrected chi connectivity index (χ3v) is 13.2. The number of aromatic amines is 2. The second kappa shape index (κ2) is 14.0. The zero-order valence-electron chi connectivity index (χ0n) is 33.6. The van der Waals surface area contributed by atoms with Crippen molar-refractivity contribution in [2.45, 2.75) is 0 Å². The van der Waals surface area contributed by atoms with Crippen molar-refractivity contribution in [1.29, 1.82) is 0 Å². The minimum absolute atomic E-state index is 0.830. The summed E-state index contributed by atoms with van der Waals surface area (Å²) in [7, 11) is 0. The molecule has 0 radical (unpaired) electrons. The summed E-state index contributed by atoms with van der Waals surface area (Å²) in [6.45, 7) is 0. The van der Waals surface area contributed by atoms with Crippen LogP contribution in [0.4, 0.5) is 0 Å². The van der Waals surface area contributed by atoms with Crippen LogP contribution in [0.5, 0.6) is 0 Å². The van der Waals surface area contributed by atoms with Crippen LogP contribution in [0, 0.1) is 0 Å². The molecule has 6 aliphatic rings. The average Bonchev–Trinajstić information content (AvgIpc) is 4.19. The number of rotatable bonds is 0. The van der Waals surface area contributed by atoms with E-state index in [1.165, 1.54) is 0 Å². The summed E-state index contributed by atoms with van der Waals surface area (Å²) in [4.78, 5) is 28.7. The van der Waals surface area contributed by atoms with Crippen molar-refractivity contribution in [1.82, 2.24) is 29.9 Å². The lowest BCUT2D eigenvalue weighted by molar-refractivity contribution is 1.30. The van der Waals surface area contributed by atoms with E-state index >= 15 is 0 Å². The maximum absolute atomic E-state index is 5.32. The number of nitrogens with one attached hydrogen (secondary N) is 2. The second-order valence-electron chi connectivity index (χ2n) is 16.1. The number of fused-ring (bicyclic) bond motifs is 2. The Bertz CT molecular complexity index is 3650. The number of aromatic nitrogens is 6. The minimum Gasteiger partial charge on any atom is -0.355 e. The summed E-state index contributed by atoms with van der Waals surface area (Å²) in [5, 5.41) is 2.10. The monoisotopic (exact) mass is 868 g/mol. The van der Waals surface area contributed by atoms with E-state index in [1.54, 1.807) is 0 Å². The van der Waals surface area contributed by atoms with Gasteiger partial charge in [-0.1, -0.05) is 121 Å². The van der Waals surface area contributed by atoms with Gasteiger partial charge in [-0.15, -0.1) is 0 Å². The first-order chi connectivity index (χ1) is 31.1. The fraction of sp³-hybridized carbons (Fsp3) is 0. The van der Waals surface area contributed by atoms with Gasteiger partial charge in [-0.3, -0.25) is 0 Å². The first kappa shape index (κ1) is 35.7. The summed E-state index contributed by atoms with van der Waals surface area (Å²) in [6.07, 6.45) is 8.41. The maximum Gasteiger partial charge on any atom is 0.0972 e. The number of hydrogen-bond donors (Lipinski definition) is 2. The quantitative estimate of drug-likeness (QED) is 0.149. The molecule has 5 aromatic heterocycles. The standard InChI is InChI=1S/C56H33BrN6/c57-54-50-29-27-48(60-50)52-42-7-3-1-5-40(42)32-9-13-34(14-10-32)44-23-19-36-17-18-37-20-24-45(63-56(37)55(36)62-44)35-15-11-33(12-16-35)41-6-2-4-8-43(41)53(49-28-30-51(54)61-49)47-26-22-39(59-47)31-38-21-25-46(52)58-38/h1-31,58,61H. The van der Waals surface area contributed by atoms with Gasteiger partial charge in [0.1, 0.15) is 0 Å². The molecule has 18 bridgehead atoms. The van der Waals surface area contributed by atoms with E-state index in [2.05, 4.69) is 214 Å². The molecule has 294 valence electrons. The lowest BCUT2D eigenvalue weighted by Crippen LogP contribution is -1.92. The molecule has 5 aromatic carbocycles. The van der Waals surface area contributed by atoms with Gasteiger partial charge in [0, 0.05) is 49.6 Å². The van der Waals surface area contributed by atoms with Crippen LogP contribution in [0.3, 0.4) is 0 Å². The molecule has 0 amide bonds. The van der Waals surface area contributed by atoms with Gasteiger partial charge in [-0.25, -0.2) is 19.9 Å². The summed E-state index contributed by atoms with van der Waals surface area (Å²) in [5.74, 6) is 0. The van der Waals surface area contributed by atoms with Gasteiger partial charge in [0.15, 0.2) is 0 Å². The predicted molar refractivity (Wildman–Crippen MR) is 263 cm³/mol. The number of halogens is 1. The molecular weight excluding hydrogens is 837 g/mol. The number of hydrogen-bond acceptors (Lipinski definition) is 4. The van der Waals surface area contributed by atoms with Gasteiger partial charge in [0.2, 0.25) is 0 Å². The fourth-order valence-corrected chi connectivity index (χ4v) is 9.76. The predicted octanol–water partition coefficient (Wildman–Crippen LogP) is 14.8. The van der Waals surface area contributed by atoms with Crippen molar-refractivity contribution in [2.75, 3.05) is 0 Å². The zero-order chi connectivity index (χ0) is 41.6. The average molecular weight is 870 g/mol. The van der Waals surface area contributed by atoms with Crippen LogP contribution in [0.15, 0.2) is 168 Å². The summed E-state index contributed by atoms with van der Waals surface area (Å²) in [6, 6.07) is 58.0. The molecule has 0 unspecified atom stereocenters. The summed E-state index contributed by atoms with van der Waals surface area (Å²) >= 11 is 3.98. The highest BCUT2D eigenvalue weighted by atomic mass is 79.9. The number of benzene rings is 5. The summed E-state index contributed by atoms with van der Waals surface area (Å²) < 4.78 is 0.869. The van der Waals surface area contributed by atoms with Gasteiger partial charge in [0.05, 0.1) is 55.2 Å². The SMILES string of the molecule is Brc1c2nc(c3c4ccc(cc5nc(c(c6ccc1[nH]6)-c1ccccc1-c1ccc(cc1)-c1ccc6ccc7ccc(nc7c6n1)-c1ccc(cc1)-c1ccccc1-3)C=C5)[nH]4)C=C2. The van der Waals surface area contributed by atoms with Gasteiger partial charge in [-0.05, 0) is 116 Å². The Labute approximate surface area is 370 Å². The Morgan fingerprint density at radius 3 is 1.46 bits per heavy atom. The van der Waals surface area contributed by atoms with Gasteiger partial charge < -0.3 is 9.97 Å². The first-order valence-corrected chi connectivity index (χ1v) is 21.8. The Hall–Kier alpha value is -8.00. The highest BCUT2D eigenvalue weighted by molar-refractivity contribution is 9.10. The molecule has 0 aliphatic carbocycles. The van der Waals surface area contributed by atoms with E-state index in [1.807, 2.05) is 0 Å². The van der Waals surface area contributed by atoms with Crippen LogP contribution < -0.4 is 0 Å². The van der Waals surface area contributed by atoms with E-state index in [-0.39, 0.29) is 0 Å². The zero-order valence-corrected chi connectivity index (χ0v) is 35.2. The van der Waals surface area contributed by atoms with Crippen LogP contribution in [-0.4, -0.2) is 29.9 Å². The molecule has 10 aromatic rings. The fourth-order valence-electron chi connectivity index (χ4n) is 9.31. The molecule has 6 aliphatic heterocycles. The Morgan fingerprint density at radius 1 is 0.365 bits per heavy atom. The minimum atomic E-state index is 0.830. The molecule has 63 heavy (non-hydrogen) atoms. The number of nitrogens with zero attached hydrogens (tertiary/aromatic N) is 4. The highest BCUT2D eigenvalue weighted by Gasteiger charge is 2.19. The molecule has 0 fully saturated rings. The lowest BCUT2D eigenvalue weighted by Gasteiger charge is -2.13. The van der Waals surface area contributed by atoms with Crippen molar-refractivity contribution in [2.24, 2.45) is 0 Å². The Morgan fingerprint density at radius 2 is 0.841 bits per heavy atom. The lowest BCUT2D eigenvalue weighted by atomic mass is 9.92. The van der Waals surface area contributed by atoms with Crippen molar-refractivity contribution in [3.05, 3.63) is 191 Å². The van der Waals surface area contributed by atoms with Crippen LogP contribution in [0.25, 0.3) is 135 Å². The van der Waals surface area contributed by atoms with E-state index in [4.69, 9.17) is 19.9 Å². The Balaban J connectivity index is 1.14. The smallest absolute Gasteiger partial charge is 0.0972 e. The molecule has 11 heterocycles. The molecule has 7 heteroatoms. The summed E-state index contributed by atoms with van der Waals surface area (Å²) in [5.41, 5.74) is 21.3. The molecule has 6 nitrogen and oxygen atoms in total. The van der Waals surface area contributed by atoms with Crippen molar-refractivity contribution >= 4 is 84.1 Å². The van der Waals surface area contributed by atoms with Crippen molar-refractivity contribution in [3.63, 3.8) is 0 Å². The molecule has 0 saturated carbocycles. The van der Waals surface area contributed by atoms with Gasteiger partial charge in [-0.2, -0.15) is 0 Å². The molecule has 0 atom stereocenters. The first-order valence-electron chi connectivity index (χ1n) is 21.0. The number of H-pyrrole nitrogens is 2. The van der Waals surface area contributed by atoms with E-state index < -0.39 is 0 Å². The van der Waals surface area contributed by atoms with Crippen LogP contribution in [0.2, 0.25) is 0 Å². The van der Waals surface area contributed by atoms with Crippen LogP contribution >= 0.6 is 15.9 Å². The third kappa shape index (κ3) is 5.92. The molecule has 0 spiro atoms. The van der Waals surface area contributed by atoms with E-state index in [0.29, 0.717) is 0 Å². The normalized spacial score (nSPS) is 12.4. The Kier molecular flexibility index (Phi) is 7.95. The third-order valence-electron chi connectivity index (χ3n) is 12.4. The van der Waals surface area contributed by atoms with Crippen molar-refractivity contribution in [3.8, 4) is 67.0 Å². The highest BCUT2D eigenvalue weighted by Crippen LogP contribution is 2.41. The second-order valence-corrected chi connectivity index (χ2v) is 16.9. The van der Waals surface area contributed by atoms with Crippen molar-refractivity contribution < 1.29 is 0 Å². The van der Waals surface area contributed by atoms with E-state index in [9.17, 15) is 0 Å². The van der Waals surface area contributed by atoms with Gasteiger partial charge in [0.25, 0.3) is 0 Å². The van der Waals surface area contributed by atoms with Crippen LogP contribution in [0.1, 0.15) is 22.8 Å². The van der Waals surface area contributed by atoms with E-state index in [0.717, 1.165) is 138 Å². The molecule has 2 N–H and O–H groups in total. The molecule has 0 saturated heterocycles. The van der Waals surface area contributed by atoms with Gasteiger partial charge >= 0.3 is 0 Å². The maximum atomic E-state index is 5.32. The molecular formula is C56H33BrN6.